The predicted octanol–water partition coefficient (Wildman–Crippen LogP) is 0.797. The molecule has 0 bridgehead atoms. The summed E-state index contributed by atoms with van der Waals surface area (Å²) in [5.41, 5.74) is 6.95. The number of anilines is 1. The topological polar surface area (TPSA) is 75.3 Å². The summed E-state index contributed by atoms with van der Waals surface area (Å²) in [5, 5.41) is 11.8. The van der Waals surface area contributed by atoms with Gasteiger partial charge in [-0.25, -0.2) is 0 Å². The maximum atomic E-state index is 12.1. The van der Waals surface area contributed by atoms with Crippen LogP contribution in [0.3, 0.4) is 0 Å². The number of hydrogen-bond donors (Lipinski definition) is 3. The average Bonchev–Trinajstić information content (AvgIpc) is 3.11. The summed E-state index contributed by atoms with van der Waals surface area (Å²) in [7, 11) is 0. The number of nitrogens with two attached hydrogens (primary N) is 1. The average molecular weight is 234 g/mol. The van der Waals surface area contributed by atoms with Crippen LogP contribution in [0.5, 0.6) is 0 Å². The van der Waals surface area contributed by atoms with E-state index in [0.717, 1.165) is 18.4 Å². The largest absolute Gasteiger partial charge is 0.399 e. The third-order valence-electron chi connectivity index (χ3n) is 3.30. The summed E-state index contributed by atoms with van der Waals surface area (Å²) in [6.45, 7) is 1.75. The maximum Gasteiger partial charge on any atom is 0.230 e. The highest BCUT2D eigenvalue weighted by Crippen LogP contribution is 2.48. The van der Waals surface area contributed by atoms with Gasteiger partial charge in [0.15, 0.2) is 0 Å². The molecule has 1 aliphatic rings. The number of nitrogens with one attached hydrogen (secondary N) is 1. The van der Waals surface area contributed by atoms with Crippen molar-refractivity contribution in [1.29, 1.82) is 0 Å². The molecule has 1 saturated carbocycles. The first-order valence-electron chi connectivity index (χ1n) is 5.86. The smallest absolute Gasteiger partial charge is 0.230 e. The Hall–Kier alpha value is -1.55. The summed E-state index contributed by atoms with van der Waals surface area (Å²) in [6, 6.07) is 7.25. The van der Waals surface area contributed by atoms with Crippen molar-refractivity contribution in [3.05, 3.63) is 29.8 Å². The standard InChI is InChI=1S/C13H18N2O2/c1-9(8-16)15-12(17)13(6-7-13)10-2-4-11(14)5-3-10/h2-5,9,16H,6-8,14H2,1H3,(H,15,17)/t9-/m1/s1. The lowest BCUT2D eigenvalue weighted by Gasteiger charge is -2.18. The van der Waals surface area contributed by atoms with Gasteiger partial charge in [-0.05, 0) is 37.5 Å². The number of rotatable bonds is 4. The first-order chi connectivity index (χ1) is 8.08. The molecule has 4 N–H and O–H groups in total. The normalized spacial score (nSPS) is 18.5. The number of carbonyl (C=O) groups excluding carboxylic acids is 1. The molecule has 0 unspecified atom stereocenters. The zero-order valence-electron chi connectivity index (χ0n) is 9.94. The molecule has 1 amide bonds. The SMILES string of the molecule is C[C@H](CO)NC(=O)C1(c2ccc(N)cc2)CC1. The van der Waals surface area contributed by atoms with Gasteiger partial charge in [0, 0.05) is 11.7 Å². The van der Waals surface area contributed by atoms with Crippen molar-refractivity contribution in [2.45, 2.75) is 31.2 Å². The van der Waals surface area contributed by atoms with Gasteiger partial charge in [-0.15, -0.1) is 0 Å². The van der Waals surface area contributed by atoms with E-state index in [0.29, 0.717) is 5.69 Å². The molecule has 4 nitrogen and oxygen atoms in total. The molecule has 0 heterocycles. The molecule has 92 valence electrons. The lowest BCUT2D eigenvalue weighted by molar-refractivity contribution is -0.124. The van der Waals surface area contributed by atoms with Crippen molar-refractivity contribution in [3.63, 3.8) is 0 Å². The summed E-state index contributed by atoms with van der Waals surface area (Å²) < 4.78 is 0. The Kier molecular flexibility index (Phi) is 3.07. The minimum Gasteiger partial charge on any atom is -0.399 e. The third kappa shape index (κ3) is 2.26. The number of nitrogen functional groups attached to an aromatic ring is 1. The van der Waals surface area contributed by atoms with Crippen LogP contribution in [0.1, 0.15) is 25.3 Å². The zero-order valence-corrected chi connectivity index (χ0v) is 9.94. The van der Waals surface area contributed by atoms with Crippen LogP contribution in [0.4, 0.5) is 5.69 Å². The van der Waals surface area contributed by atoms with Gasteiger partial charge in [0.2, 0.25) is 5.91 Å². The molecule has 2 rings (SSSR count). The van der Waals surface area contributed by atoms with Crippen LogP contribution < -0.4 is 11.1 Å². The van der Waals surface area contributed by atoms with Crippen LogP contribution in [0.2, 0.25) is 0 Å². The molecule has 0 saturated heterocycles. The summed E-state index contributed by atoms with van der Waals surface area (Å²) in [5.74, 6) is 0.00354. The number of aliphatic hydroxyl groups is 1. The molecule has 0 aliphatic heterocycles. The van der Waals surface area contributed by atoms with Crippen LogP contribution in [-0.4, -0.2) is 23.7 Å². The lowest BCUT2D eigenvalue weighted by atomic mass is 9.94. The van der Waals surface area contributed by atoms with Crippen molar-refractivity contribution >= 4 is 11.6 Å². The van der Waals surface area contributed by atoms with Gasteiger partial charge >= 0.3 is 0 Å². The fourth-order valence-electron chi connectivity index (χ4n) is 1.98. The van der Waals surface area contributed by atoms with Crippen LogP contribution >= 0.6 is 0 Å². The Morgan fingerprint density at radius 2 is 2.06 bits per heavy atom. The first kappa shape index (κ1) is 11.9. The van der Waals surface area contributed by atoms with E-state index in [1.807, 2.05) is 24.3 Å². The van der Waals surface area contributed by atoms with Crippen molar-refractivity contribution in [3.8, 4) is 0 Å². The maximum absolute atomic E-state index is 12.1. The predicted molar refractivity (Wildman–Crippen MR) is 66.5 cm³/mol. The van der Waals surface area contributed by atoms with Crippen molar-refractivity contribution in [2.75, 3.05) is 12.3 Å². The van der Waals surface area contributed by atoms with E-state index < -0.39 is 5.41 Å². The number of amides is 1. The fourth-order valence-corrected chi connectivity index (χ4v) is 1.98. The van der Waals surface area contributed by atoms with E-state index in [1.54, 1.807) is 6.92 Å². The summed E-state index contributed by atoms with van der Waals surface area (Å²) in [6.07, 6.45) is 1.72. The molecule has 0 spiro atoms. The number of carbonyl (C=O) groups is 1. The fraction of sp³-hybridized carbons (Fsp3) is 0.462. The van der Waals surface area contributed by atoms with Crippen LogP contribution in [0, 0.1) is 0 Å². The highest BCUT2D eigenvalue weighted by atomic mass is 16.3. The minimum atomic E-state index is -0.392. The monoisotopic (exact) mass is 234 g/mol. The van der Waals surface area contributed by atoms with Crippen molar-refractivity contribution in [2.24, 2.45) is 0 Å². The highest BCUT2D eigenvalue weighted by molar-refractivity contribution is 5.91. The van der Waals surface area contributed by atoms with E-state index in [9.17, 15) is 4.79 Å². The van der Waals surface area contributed by atoms with Crippen LogP contribution in [0.25, 0.3) is 0 Å². The van der Waals surface area contributed by atoms with E-state index >= 15 is 0 Å². The molecular weight excluding hydrogens is 216 g/mol. The number of hydrogen-bond acceptors (Lipinski definition) is 3. The second kappa shape index (κ2) is 4.37. The molecular formula is C13H18N2O2. The second-order valence-electron chi connectivity index (χ2n) is 4.76. The molecule has 1 aliphatic carbocycles. The Bertz CT molecular complexity index is 410. The number of aliphatic hydroxyl groups excluding tert-OH is 1. The molecule has 1 aromatic rings. The van der Waals surface area contributed by atoms with Gasteiger partial charge in [0.1, 0.15) is 0 Å². The quantitative estimate of drug-likeness (QED) is 0.674. The minimum absolute atomic E-state index is 0.00354. The summed E-state index contributed by atoms with van der Waals surface area (Å²) >= 11 is 0. The van der Waals surface area contributed by atoms with E-state index in [4.69, 9.17) is 10.8 Å². The van der Waals surface area contributed by atoms with Gasteiger partial charge in [0.25, 0.3) is 0 Å². The molecule has 1 aromatic carbocycles. The Morgan fingerprint density at radius 3 is 2.53 bits per heavy atom. The van der Waals surface area contributed by atoms with E-state index in [1.165, 1.54) is 0 Å². The lowest BCUT2D eigenvalue weighted by Crippen LogP contribution is -2.41. The number of benzene rings is 1. The van der Waals surface area contributed by atoms with Crippen molar-refractivity contribution in [1.82, 2.24) is 5.32 Å². The zero-order chi connectivity index (χ0) is 12.5. The van der Waals surface area contributed by atoms with Crippen molar-refractivity contribution < 1.29 is 9.90 Å². The van der Waals surface area contributed by atoms with Gasteiger partial charge in [-0.2, -0.15) is 0 Å². The molecule has 1 fully saturated rings. The molecule has 0 aromatic heterocycles. The molecule has 4 heteroatoms. The Morgan fingerprint density at radius 1 is 1.47 bits per heavy atom. The third-order valence-corrected chi connectivity index (χ3v) is 3.30. The van der Waals surface area contributed by atoms with Crippen LogP contribution in [-0.2, 0) is 10.2 Å². The first-order valence-corrected chi connectivity index (χ1v) is 5.86. The van der Waals surface area contributed by atoms with Gasteiger partial charge in [-0.3, -0.25) is 4.79 Å². The second-order valence-corrected chi connectivity index (χ2v) is 4.76. The highest BCUT2D eigenvalue weighted by Gasteiger charge is 2.51. The van der Waals surface area contributed by atoms with E-state index in [2.05, 4.69) is 5.32 Å². The molecule has 1 atom stereocenters. The molecule has 0 radical (unpaired) electrons. The van der Waals surface area contributed by atoms with E-state index in [-0.39, 0.29) is 18.6 Å². The van der Waals surface area contributed by atoms with Gasteiger partial charge in [0.05, 0.1) is 12.0 Å². The van der Waals surface area contributed by atoms with Gasteiger partial charge in [-0.1, -0.05) is 12.1 Å². The van der Waals surface area contributed by atoms with Crippen LogP contribution in [0.15, 0.2) is 24.3 Å². The van der Waals surface area contributed by atoms with Gasteiger partial charge < -0.3 is 16.2 Å². The Balaban J connectivity index is 2.14. The Labute approximate surface area is 101 Å². The summed E-state index contributed by atoms with van der Waals surface area (Å²) in [4.78, 5) is 12.1. The molecule has 17 heavy (non-hydrogen) atoms.